The first kappa shape index (κ1) is 10.7. The largest absolute Gasteiger partial charge is 0.399 e. The van der Waals surface area contributed by atoms with Gasteiger partial charge in [0.15, 0.2) is 0 Å². The molecule has 2 aromatic heterocycles. The molecule has 0 aliphatic rings. The molecule has 2 N–H and O–H groups in total. The predicted octanol–water partition coefficient (Wildman–Crippen LogP) is 2.36. The van der Waals surface area contributed by atoms with Crippen LogP contribution in [0.2, 0.25) is 0 Å². The lowest BCUT2D eigenvalue weighted by molar-refractivity contribution is 0.629. The van der Waals surface area contributed by atoms with Crippen molar-refractivity contribution in [3.8, 4) is 11.4 Å². The number of nitrogens with two attached hydrogens (primary N) is 1. The number of hydrogen-bond donors (Lipinski definition) is 1. The monoisotopic (exact) mass is 242 g/mol. The van der Waals surface area contributed by atoms with E-state index in [0.29, 0.717) is 17.1 Å². The molecule has 0 unspecified atom stereocenters. The van der Waals surface area contributed by atoms with Gasteiger partial charge in [-0.1, -0.05) is 0 Å². The van der Waals surface area contributed by atoms with Gasteiger partial charge >= 0.3 is 0 Å². The topological polar surface area (TPSA) is 56.7 Å². The maximum atomic E-state index is 13.9. The summed E-state index contributed by atoms with van der Waals surface area (Å²) in [5.41, 5.74) is 8.03. The zero-order valence-electron chi connectivity index (χ0n) is 9.76. The first-order valence-electron chi connectivity index (χ1n) is 5.48. The highest BCUT2D eigenvalue weighted by Gasteiger charge is 2.13. The standard InChI is InChI=1S/C13H11FN4/c1-18-12-4-5-16-7-11(12)17-13(18)9-3-2-8(15)6-10(9)14/h2-7H,15H2,1H3. The van der Waals surface area contributed by atoms with E-state index in [0.717, 1.165) is 11.0 Å². The number of halogens is 1. The van der Waals surface area contributed by atoms with Crippen molar-refractivity contribution >= 4 is 16.7 Å². The molecule has 3 aromatic rings. The Morgan fingerprint density at radius 1 is 1.28 bits per heavy atom. The summed E-state index contributed by atoms with van der Waals surface area (Å²) in [6.45, 7) is 0. The molecule has 0 bridgehead atoms. The molecule has 0 radical (unpaired) electrons. The summed E-state index contributed by atoms with van der Waals surface area (Å²) in [5, 5.41) is 0. The van der Waals surface area contributed by atoms with Crippen LogP contribution in [0.4, 0.5) is 10.1 Å². The van der Waals surface area contributed by atoms with Gasteiger partial charge in [0, 0.05) is 18.9 Å². The summed E-state index contributed by atoms with van der Waals surface area (Å²) in [5.74, 6) is 0.192. The molecule has 0 saturated carbocycles. The van der Waals surface area contributed by atoms with Crippen molar-refractivity contribution in [1.82, 2.24) is 14.5 Å². The molecule has 0 aliphatic carbocycles. The zero-order chi connectivity index (χ0) is 12.7. The molecule has 0 atom stereocenters. The minimum absolute atomic E-state index is 0.374. The predicted molar refractivity (Wildman–Crippen MR) is 68.3 cm³/mol. The first-order chi connectivity index (χ1) is 8.66. The normalized spacial score (nSPS) is 11.0. The number of hydrogen-bond acceptors (Lipinski definition) is 3. The average Bonchev–Trinajstić information content (AvgIpc) is 2.68. The second kappa shape index (κ2) is 3.80. The Bertz CT molecular complexity index is 733. The number of anilines is 1. The quantitative estimate of drug-likeness (QED) is 0.666. The lowest BCUT2D eigenvalue weighted by atomic mass is 10.2. The van der Waals surface area contributed by atoms with E-state index < -0.39 is 0 Å². The van der Waals surface area contributed by atoms with Gasteiger partial charge in [-0.25, -0.2) is 9.37 Å². The van der Waals surface area contributed by atoms with Crippen LogP contribution < -0.4 is 5.73 Å². The van der Waals surface area contributed by atoms with Crippen LogP contribution in [0.1, 0.15) is 0 Å². The van der Waals surface area contributed by atoms with E-state index in [1.54, 1.807) is 24.5 Å². The zero-order valence-corrected chi connectivity index (χ0v) is 9.76. The number of fused-ring (bicyclic) bond motifs is 1. The molecule has 1 aromatic carbocycles. The van der Waals surface area contributed by atoms with Crippen molar-refractivity contribution in [1.29, 1.82) is 0 Å². The van der Waals surface area contributed by atoms with Gasteiger partial charge in [0.05, 0.1) is 17.3 Å². The number of nitrogens with zero attached hydrogens (tertiary/aromatic N) is 3. The van der Waals surface area contributed by atoms with Crippen LogP contribution in [-0.4, -0.2) is 14.5 Å². The first-order valence-corrected chi connectivity index (χ1v) is 5.48. The van der Waals surface area contributed by atoms with Crippen molar-refractivity contribution < 1.29 is 4.39 Å². The van der Waals surface area contributed by atoms with E-state index in [2.05, 4.69) is 9.97 Å². The smallest absolute Gasteiger partial charge is 0.143 e. The molecule has 0 amide bonds. The molecule has 0 saturated heterocycles. The number of aromatic nitrogens is 3. The summed E-state index contributed by atoms with van der Waals surface area (Å²) in [6.07, 6.45) is 3.35. The van der Waals surface area contributed by atoms with Gasteiger partial charge in [-0.3, -0.25) is 4.98 Å². The molecular formula is C13H11FN4. The second-order valence-corrected chi connectivity index (χ2v) is 4.10. The number of benzene rings is 1. The van der Waals surface area contributed by atoms with E-state index >= 15 is 0 Å². The van der Waals surface area contributed by atoms with Crippen molar-refractivity contribution in [2.24, 2.45) is 7.05 Å². The third-order valence-electron chi connectivity index (χ3n) is 2.92. The summed E-state index contributed by atoms with van der Waals surface area (Å²) in [6, 6.07) is 6.45. The Kier molecular flexibility index (Phi) is 2.26. The minimum atomic E-state index is -0.374. The third-order valence-corrected chi connectivity index (χ3v) is 2.92. The average molecular weight is 242 g/mol. The fraction of sp³-hybridized carbons (Fsp3) is 0.0769. The highest BCUT2D eigenvalue weighted by Crippen LogP contribution is 2.26. The van der Waals surface area contributed by atoms with Crippen LogP contribution in [0.15, 0.2) is 36.7 Å². The second-order valence-electron chi connectivity index (χ2n) is 4.10. The van der Waals surface area contributed by atoms with Crippen molar-refractivity contribution in [3.63, 3.8) is 0 Å². The van der Waals surface area contributed by atoms with Crippen molar-refractivity contribution in [2.75, 3.05) is 5.73 Å². The Morgan fingerprint density at radius 3 is 2.83 bits per heavy atom. The maximum absolute atomic E-state index is 13.9. The van der Waals surface area contributed by atoms with Crippen molar-refractivity contribution in [2.45, 2.75) is 0 Å². The van der Waals surface area contributed by atoms with E-state index in [9.17, 15) is 4.39 Å². The van der Waals surface area contributed by atoms with Gasteiger partial charge in [-0.15, -0.1) is 0 Å². The number of rotatable bonds is 1. The Morgan fingerprint density at radius 2 is 2.11 bits per heavy atom. The summed E-state index contributed by atoms with van der Waals surface area (Å²) >= 11 is 0. The fourth-order valence-corrected chi connectivity index (χ4v) is 2.01. The van der Waals surface area contributed by atoms with Crippen LogP contribution in [0, 0.1) is 5.82 Å². The Hall–Kier alpha value is -2.43. The van der Waals surface area contributed by atoms with Crippen molar-refractivity contribution in [3.05, 3.63) is 42.5 Å². The van der Waals surface area contributed by atoms with E-state index in [4.69, 9.17) is 5.73 Å². The van der Waals surface area contributed by atoms with Crippen LogP contribution in [0.3, 0.4) is 0 Å². The molecular weight excluding hydrogens is 231 g/mol. The molecule has 0 fully saturated rings. The molecule has 5 heteroatoms. The SMILES string of the molecule is Cn1c(-c2ccc(N)cc2F)nc2cnccc21. The van der Waals surface area contributed by atoms with Crippen LogP contribution in [-0.2, 0) is 7.05 Å². The van der Waals surface area contributed by atoms with Gasteiger partial charge in [0.2, 0.25) is 0 Å². The van der Waals surface area contributed by atoms with Gasteiger partial charge in [-0.2, -0.15) is 0 Å². The minimum Gasteiger partial charge on any atom is -0.399 e. The highest BCUT2D eigenvalue weighted by atomic mass is 19.1. The van der Waals surface area contributed by atoms with Gasteiger partial charge in [0.25, 0.3) is 0 Å². The number of pyridine rings is 1. The fourth-order valence-electron chi connectivity index (χ4n) is 2.01. The highest BCUT2D eigenvalue weighted by molar-refractivity contribution is 5.79. The number of aryl methyl sites for hydroxylation is 1. The molecule has 2 heterocycles. The Balaban J connectivity index is 2.28. The van der Waals surface area contributed by atoms with Crippen LogP contribution in [0.5, 0.6) is 0 Å². The molecule has 4 nitrogen and oxygen atoms in total. The summed E-state index contributed by atoms with van der Waals surface area (Å²) in [7, 11) is 1.85. The molecule has 3 rings (SSSR count). The molecule has 18 heavy (non-hydrogen) atoms. The van der Waals surface area contributed by atoms with Crippen LogP contribution >= 0.6 is 0 Å². The van der Waals surface area contributed by atoms with Gasteiger partial charge in [0.1, 0.15) is 17.2 Å². The lowest BCUT2D eigenvalue weighted by Crippen LogP contribution is -1.96. The van der Waals surface area contributed by atoms with Gasteiger partial charge < -0.3 is 10.3 Å². The van der Waals surface area contributed by atoms with Crippen LogP contribution in [0.25, 0.3) is 22.4 Å². The summed E-state index contributed by atoms with van der Waals surface area (Å²) < 4.78 is 15.7. The number of imidazole rings is 1. The maximum Gasteiger partial charge on any atom is 0.143 e. The lowest BCUT2D eigenvalue weighted by Gasteiger charge is -2.04. The van der Waals surface area contributed by atoms with Gasteiger partial charge in [-0.05, 0) is 24.3 Å². The third kappa shape index (κ3) is 1.52. The number of nitrogen functional groups attached to an aromatic ring is 1. The Labute approximate surface area is 103 Å². The van der Waals surface area contributed by atoms with E-state index in [1.807, 2.05) is 17.7 Å². The summed E-state index contributed by atoms with van der Waals surface area (Å²) in [4.78, 5) is 8.40. The molecule has 0 aliphatic heterocycles. The van der Waals surface area contributed by atoms with E-state index in [-0.39, 0.29) is 5.82 Å². The molecule has 90 valence electrons. The molecule has 0 spiro atoms. The van der Waals surface area contributed by atoms with E-state index in [1.165, 1.54) is 6.07 Å².